The Morgan fingerprint density at radius 1 is 0.812 bits per heavy atom. The lowest BCUT2D eigenvalue weighted by Crippen LogP contribution is -2.05. The molecule has 0 amide bonds. The van der Waals surface area contributed by atoms with Gasteiger partial charge >= 0.3 is 0 Å². The molecular weight excluding hydrogens is 208 g/mol. The van der Waals surface area contributed by atoms with Gasteiger partial charge in [0.1, 0.15) is 0 Å². The van der Waals surface area contributed by atoms with Gasteiger partial charge in [0.15, 0.2) is 0 Å². The van der Waals surface area contributed by atoms with Crippen molar-refractivity contribution in [2.75, 3.05) is 39.6 Å². The van der Waals surface area contributed by atoms with Gasteiger partial charge in [-0.3, -0.25) is 0 Å². The van der Waals surface area contributed by atoms with Crippen LogP contribution in [0, 0.1) is 6.61 Å². The van der Waals surface area contributed by atoms with Crippen LogP contribution in [-0.2, 0) is 14.2 Å². The van der Waals surface area contributed by atoms with E-state index in [1.165, 1.54) is 0 Å². The maximum absolute atomic E-state index is 8.39. The van der Waals surface area contributed by atoms with Crippen LogP contribution in [0.25, 0.3) is 0 Å². The summed E-state index contributed by atoms with van der Waals surface area (Å²) >= 11 is 0. The fourth-order valence-corrected chi connectivity index (χ4v) is 1.11. The summed E-state index contributed by atoms with van der Waals surface area (Å²) in [6.07, 6.45) is 3.53. The third-order valence-corrected chi connectivity index (χ3v) is 1.89. The molecule has 0 spiro atoms. The van der Waals surface area contributed by atoms with Crippen molar-refractivity contribution >= 4 is 0 Å². The van der Waals surface area contributed by atoms with E-state index in [0.717, 1.165) is 52.3 Å². The lowest BCUT2D eigenvalue weighted by Gasteiger charge is -2.05. The summed E-state index contributed by atoms with van der Waals surface area (Å²) in [5, 5.41) is 8.39. The second-order valence-electron chi connectivity index (χ2n) is 3.52. The van der Waals surface area contributed by atoms with Crippen LogP contribution in [0.1, 0.15) is 32.6 Å². The molecule has 0 atom stereocenters. The molecule has 1 radical (unpaired) electrons. The molecule has 0 saturated heterocycles. The van der Waals surface area contributed by atoms with E-state index in [4.69, 9.17) is 19.3 Å². The number of aliphatic hydroxyl groups excluding tert-OH is 1. The van der Waals surface area contributed by atoms with Gasteiger partial charge in [0.25, 0.3) is 0 Å². The molecule has 0 rings (SSSR count). The summed E-state index contributed by atoms with van der Waals surface area (Å²) in [5.41, 5.74) is 0. The van der Waals surface area contributed by atoms with Crippen LogP contribution in [0.3, 0.4) is 0 Å². The van der Waals surface area contributed by atoms with Gasteiger partial charge in [-0.15, -0.1) is 0 Å². The summed E-state index contributed by atoms with van der Waals surface area (Å²) in [6.45, 7) is 7.62. The van der Waals surface area contributed by atoms with E-state index >= 15 is 0 Å². The molecule has 0 heterocycles. The monoisotopic (exact) mass is 233 g/mol. The van der Waals surface area contributed by atoms with Gasteiger partial charge in [-0.1, -0.05) is 6.92 Å². The zero-order valence-corrected chi connectivity index (χ0v) is 10.3. The summed E-state index contributed by atoms with van der Waals surface area (Å²) < 4.78 is 16.0. The van der Waals surface area contributed by atoms with Crippen molar-refractivity contribution in [2.24, 2.45) is 0 Å². The normalized spacial score (nSPS) is 10.9. The van der Waals surface area contributed by atoms with Crippen molar-refractivity contribution in [3.63, 3.8) is 0 Å². The highest BCUT2D eigenvalue weighted by molar-refractivity contribution is 4.44. The molecule has 0 aromatic rings. The van der Waals surface area contributed by atoms with Crippen LogP contribution < -0.4 is 0 Å². The molecule has 4 nitrogen and oxygen atoms in total. The highest BCUT2D eigenvalue weighted by Gasteiger charge is 1.92. The summed E-state index contributed by atoms with van der Waals surface area (Å²) in [5.74, 6) is 0. The second kappa shape index (κ2) is 14.8. The van der Waals surface area contributed by atoms with Crippen LogP contribution in [0.2, 0.25) is 0 Å². The first-order chi connectivity index (χ1) is 7.91. The van der Waals surface area contributed by atoms with Crippen LogP contribution in [-0.4, -0.2) is 44.7 Å². The van der Waals surface area contributed by atoms with E-state index in [2.05, 4.69) is 6.92 Å². The number of rotatable bonds is 13. The van der Waals surface area contributed by atoms with Crippen LogP contribution in [0.5, 0.6) is 0 Å². The van der Waals surface area contributed by atoms with Gasteiger partial charge in [0, 0.05) is 39.6 Å². The third-order valence-electron chi connectivity index (χ3n) is 1.89. The molecule has 16 heavy (non-hydrogen) atoms. The predicted molar refractivity (Wildman–Crippen MR) is 62.8 cm³/mol. The Kier molecular flexibility index (Phi) is 14.7. The molecule has 0 fully saturated rings. The third kappa shape index (κ3) is 13.8. The van der Waals surface area contributed by atoms with E-state index in [0.29, 0.717) is 19.6 Å². The van der Waals surface area contributed by atoms with Gasteiger partial charge in [0.05, 0.1) is 6.61 Å². The van der Waals surface area contributed by atoms with Crippen molar-refractivity contribution in [3.8, 4) is 0 Å². The van der Waals surface area contributed by atoms with Crippen LogP contribution >= 0.6 is 0 Å². The molecule has 97 valence electrons. The Morgan fingerprint density at radius 3 is 1.81 bits per heavy atom. The first-order valence-electron chi connectivity index (χ1n) is 6.11. The van der Waals surface area contributed by atoms with Gasteiger partial charge in [0.2, 0.25) is 0 Å². The zero-order valence-electron chi connectivity index (χ0n) is 10.3. The smallest absolute Gasteiger partial charge is 0.0821 e. The number of aliphatic hydroxyl groups is 1. The zero-order chi connectivity index (χ0) is 11.9. The first kappa shape index (κ1) is 15.8. The van der Waals surface area contributed by atoms with Crippen molar-refractivity contribution in [1.29, 1.82) is 0 Å². The molecule has 0 aliphatic carbocycles. The average Bonchev–Trinajstić information content (AvgIpc) is 2.31. The Labute approximate surface area is 98.9 Å². The summed E-state index contributed by atoms with van der Waals surface area (Å²) in [7, 11) is 0. The minimum atomic E-state index is 0.585. The number of ether oxygens (including phenoxy) is 3. The van der Waals surface area contributed by atoms with Crippen molar-refractivity contribution in [3.05, 3.63) is 6.61 Å². The number of hydrogen-bond acceptors (Lipinski definition) is 4. The van der Waals surface area contributed by atoms with Crippen molar-refractivity contribution < 1.29 is 19.3 Å². The van der Waals surface area contributed by atoms with Gasteiger partial charge < -0.3 is 19.3 Å². The lowest BCUT2D eigenvalue weighted by molar-refractivity contribution is 0.0626. The fraction of sp³-hybridized carbons (Fsp3) is 0.917. The predicted octanol–water partition coefficient (Wildman–Crippen LogP) is 2.15. The Morgan fingerprint density at radius 2 is 1.31 bits per heavy atom. The van der Waals surface area contributed by atoms with Gasteiger partial charge in [-0.25, -0.2) is 0 Å². The first-order valence-corrected chi connectivity index (χ1v) is 6.11. The largest absolute Gasteiger partial charge is 0.390 e. The Balaban J connectivity index is 2.83. The van der Waals surface area contributed by atoms with E-state index < -0.39 is 0 Å². The van der Waals surface area contributed by atoms with Gasteiger partial charge in [-0.2, -0.15) is 0 Å². The summed E-state index contributed by atoms with van der Waals surface area (Å²) in [6, 6.07) is 0. The molecular formula is C12H25O4. The topological polar surface area (TPSA) is 47.9 Å². The fourth-order valence-electron chi connectivity index (χ4n) is 1.11. The maximum Gasteiger partial charge on any atom is 0.0821 e. The maximum atomic E-state index is 8.39. The highest BCUT2D eigenvalue weighted by atomic mass is 16.5. The van der Waals surface area contributed by atoms with Crippen LogP contribution in [0.15, 0.2) is 0 Å². The molecule has 0 aliphatic rings. The molecule has 0 aliphatic heterocycles. The minimum absolute atomic E-state index is 0.585. The van der Waals surface area contributed by atoms with E-state index in [9.17, 15) is 0 Å². The Hall–Kier alpha value is -0.160. The molecule has 4 heteroatoms. The SMILES string of the molecule is CCCOCCCOCCCOCC[CH]O. The van der Waals surface area contributed by atoms with E-state index in [1.807, 2.05) is 0 Å². The van der Waals surface area contributed by atoms with E-state index in [1.54, 1.807) is 0 Å². The van der Waals surface area contributed by atoms with Crippen molar-refractivity contribution in [1.82, 2.24) is 0 Å². The molecule has 0 aromatic heterocycles. The molecule has 0 aromatic carbocycles. The van der Waals surface area contributed by atoms with E-state index in [-0.39, 0.29) is 0 Å². The number of hydrogen-bond donors (Lipinski definition) is 1. The van der Waals surface area contributed by atoms with Crippen LogP contribution in [0.4, 0.5) is 0 Å². The Bertz CT molecular complexity index is 106. The molecule has 0 unspecified atom stereocenters. The standard InChI is InChI=1S/C12H25O4/c1-2-7-14-9-4-11-16-12-5-10-15-8-3-6-13/h6,13H,2-5,7-12H2,1H3. The minimum Gasteiger partial charge on any atom is -0.390 e. The molecule has 0 saturated carbocycles. The van der Waals surface area contributed by atoms with Gasteiger partial charge in [-0.05, 0) is 25.7 Å². The quantitative estimate of drug-likeness (QED) is 0.495. The van der Waals surface area contributed by atoms with Crippen molar-refractivity contribution in [2.45, 2.75) is 32.6 Å². The second-order valence-corrected chi connectivity index (χ2v) is 3.52. The molecule has 0 bridgehead atoms. The highest BCUT2D eigenvalue weighted by Crippen LogP contribution is 1.91. The average molecular weight is 233 g/mol. The lowest BCUT2D eigenvalue weighted by atomic mass is 10.4. The molecule has 1 N–H and O–H groups in total. The summed E-state index contributed by atoms with van der Waals surface area (Å²) in [4.78, 5) is 0.